The minimum absolute atomic E-state index is 0.0779. The highest BCUT2D eigenvalue weighted by molar-refractivity contribution is 5.83. The fraction of sp³-hybridized carbons (Fsp3) is 0.500. The quantitative estimate of drug-likeness (QED) is 0.832. The fourth-order valence-electron chi connectivity index (χ4n) is 2.01. The number of nitrogens with two attached hydrogens (primary N) is 1. The maximum Gasteiger partial charge on any atom is 0.227 e. The van der Waals surface area contributed by atoms with E-state index in [-0.39, 0.29) is 17.4 Å². The molecule has 0 heterocycles. The van der Waals surface area contributed by atoms with E-state index in [2.05, 4.69) is 17.4 Å². The van der Waals surface area contributed by atoms with Crippen molar-refractivity contribution >= 4 is 5.91 Å². The summed E-state index contributed by atoms with van der Waals surface area (Å²) in [5.74, 6) is -0.0222. The maximum absolute atomic E-state index is 11.7. The Kier molecular flexibility index (Phi) is 3.20. The number of carbonyl (C=O) groups excluding carboxylic acids is 1. The second-order valence-corrected chi connectivity index (χ2v) is 4.89. The molecule has 1 aliphatic carbocycles. The van der Waals surface area contributed by atoms with Crippen molar-refractivity contribution in [3.05, 3.63) is 35.4 Å². The third kappa shape index (κ3) is 2.50. The number of amides is 1. The van der Waals surface area contributed by atoms with Gasteiger partial charge in [0.2, 0.25) is 5.91 Å². The molecule has 3 N–H and O–H groups in total. The molecule has 3 nitrogen and oxygen atoms in total. The molecule has 0 aliphatic heterocycles. The lowest BCUT2D eigenvalue weighted by molar-refractivity contribution is -0.122. The van der Waals surface area contributed by atoms with E-state index in [9.17, 15) is 4.79 Å². The van der Waals surface area contributed by atoms with E-state index in [1.807, 2.05) is 26.0 Å². The van der Waals surface area contributed by atoms with Crippen LogP contribution in [0.25, 0.3) is 0 Å². The number of benzene rings is 1. The first-order valence-corrected chi connectivity index (χ1v) is 6.24. The Balaban J connectivity index is 2.09. The van der Waals surface area contributed by atoms with Gasteiger partial charge in [-0.2, -0.15) is 0 Å². The fourth-order valence-corrected chi connectivity index (χ4v) is 2.01. The van der Waals surface area contributed by atoms with Crippen LogP contribution in [-0.2, 0) is 10.3 Å². The summed E-state index contributed by atoms with van der Waals surface area (Å²) in [5, 5.41) is 2.84. The van der Waals surface area contributed by atoms with Gasteiger partial charge in [0, 0.05) is 12.1 Å². The molecule has 1 aromatic carbocycles. The second-order valence-electron chi connectivity index (χ2n) is 4.89. The lowest BCUT2D eigenvalue weighted by Crippen LogP contribution is -2.27. The number of hydrogen-bond donors (Lipinski definition) is 2. The Bertz CT molecular complexity index is 407. The highest BCUT2D eigenvalue weighted by Crippen LogP contribution is 2.42. The van der Waals surface area contributed by atoms with E-state index in [0.29, 0.717) is 6.54 Å². The molecule has 1 atom stereocenters. The zero-order valence-corrected chi connectivity index (χ0v) is 10.5. The summed E-state index contributed by atoms with van der Waals surface area (Å²) in [6.45, 7) is 4.53. The molecule has 92 valence electrons. The van der Waals surface area contributed by atoms with Gasteiger partial charge in [-0.25, -0.2) is 0 Å². The Morgan fingerprint density at radius 2 is 2.00 bits per heavy atom. The molecule has 1 unspecified atom stereocenters. The Labute approximate surface area is 102 Å². The molecule has 0 saturated heterocycles. The zero-order valence-electron chi connectivity index (χ0n) is 10.5. The van der Waals surface area contributed by atoms with Crippen molar-refractivity contribution in [3.8, 4) is 0 Å². The molecule has 1 amide bonds. The van der Waals surface area contributed by atoms with Crippen molar-refractivity contribution in [2.75, 3.05) is 6.54 Å². The predicted octanol–water partition coefficient (Wildman–Crippen LogP) is 1.87. The molecule has 1 fully saturated rings. The van der Waals surface area contributed by atoms with E-state index < -0.39 is 0 Å². The molecule has 17 heavy (non-hydrogen) atoms. The van der Waals surface area contributed by atoms with Gasteiger partial charge in [0.1, 0.15) is 0 Å². The molecule has 0 radical (unpaired) electrons. The van der Waals surface area contributed by atoms with Gasteiger partial charge < -0.3 is 11.1 Å². The van der Waals surface area contributed by atoms with Crippen molar-refractivity contribution in [1.82, 2.24) is 5.32 Å². The van der Waals surface area contributed by atoms with Crippen molar-refractivity contribution in [2.24, 2.45) is 5.73 Å². The van der Waals surface area contributed by atoms with Crippen LogP contribution < -0.4 is 11.1 Å². The van der Waals surface area contributed by atoms with Crippen molar-refractivity contribution < 1.29 is 4.79 Å². The number of carbonyl (C=O) groups is 1. The van der Waals surface area contributed by atoms with Gasteiger partial charge in [0.25, 0.3) is 0 Å². The van der Waals surface area contributed by atoms with Crippen LogP contribution >= 0.6 is 0 Å². The first kappa shape index (κ1) is 12.1. The van der Waals surface area contributed by atoms with Crippen LogP contribution in [0, 0.1) is 0 Å². The normalized spacial score (nSPS) is 18.5. The van der Waals surface area contributed by atoms with Crippen LogP contribution in [0.1, 0.15) is 43.7 Å². The average molecular weight is 232 g/mol. The zero-order chi connectivity index (χ0) is 12.5. The van der Waals surface area contributed by atoms with Gasteiger partial charge in [-0.3, -0.25) is 4.79 Å². The summed E-state index contributed by atoms with van der Waals surface area (Å²) < 4.78 is 0. The van der Waals surface area contributed by atoms with Gasteiger partial charge in [-0.15, -0.1) is 0 Å². The van der Waals surface area contributed by atoms with Crippen molar-refractivity contribution in [2.45, 2.75) is 38.1 Å². The van der Waals surface area contributed by atoms with Crippen LogP contribution in [0.4, 0.5) is 0 Å². The lowest BCUT2D eigenvalue weighted by Gasteiger charge is -2.14. The molecule has 1 aromatic rings. The molecule has 1 aliphatic rings. The summed E-state index contributed by atoms with van der Waals surface area (Å²) in [7, 11) is 0. The first-order valence-electron chi connectivity index (χ1n) is 6.24. The van der Waals surface area contributed by atoms with Gasteiger partial charge in [0.05, 0.1) is 5.92 Å². The number of likely N-dealkylation sites (N-methyl/N-ethyl adjacent to an activating group) is 1. The Hall–Kier alpha value is -1.35. The van der Waals surface area contributed by atoms with E-state index in [4.69, 9.17) is 5.73 Å². The molecule has 0 bridgehead atoms. The molecule has 0 spiro atoms. The minimum atomic E-state index is -0.100. The molecule has 1 saturated carbocycles. The van der Waals surface area contributed by atoms with E-state index in [0.717, 1.165) is 18.4 Å². The molecular weight excluding hydrogens is 212 g/mol. The highest BCUT2D eigenvalue weighted by atomic mass is 16.1. The van der Waals surface area contributed by atoms with Gasteiger partial charge in [0.15, 0.2) is 0 Å². The van der Waals surface area contributed by atoms with Crippen LogP contribution in [0.15, 0.2) is 24.3 Å². The minimum Gasteiger partial charge on any atom is -0.356 e. The monoisotopic (exact) mass is 232 g/mol. The van der Waals surface area contributed by atoms with Gasteiger partial charge in [-0.05, 0) is 37.8 Å². The lowest BCUT2D eigenvalue weighted by atomic mass is 9.96. The molecule has 0 aromatic heterocycles. The summed E-state index contributed by atoms with van der Waals surface area (Å²) in [4.78, 5) is 11.7. The van der Waals surface area contributed by atoms with E-state index >= 15 is 0 Å². The standard InChI is InChI=1S/C14H20N2O/c1-3-16-13(17)10(2)11-4-6-12(7-5-11)14(15)8-9-14/h4-7,10H,3,8-9,15H2,1-2H3,(H,16,17). The van der Waals surface area contributed by atoms with Crippen LogP contribution in [0.3, 0.4) is 0 Å². The molecular formula is C14H20N2O. The number of rotatable bonds is 4. The third-order valence-electron chi connectivity index (χ3n) is 3.52. The average Bonchev–Trinajstić information content (AvgIpc) is 3.08. The predicted molar refractivity (Wildman–Crippen MR) is 68.6 cm³/mol. The third-order valence-corrected chi connectivity index (χ3v) is 3.52. The van der Waals surface area contributed by atoms with Crippen LogP contribution in [0.5, 0.6) is 0 Å². The maximum atomic E-state index is 11.7. The summed E-state index contributed by atoms with van der Waals surface area (Å²) in [6.07, 6.45) is 2.14. The smallest absolute Gasteiger partial charge is 0.227 e. The molecule has 3 heteroatoms. The number of hydrogen-bond acceptors (Lipinski definition) is 2. The topological polar surface area (TPSA) is 55.1 Å². The first-order chi connectivity index (χ1) is 8.07. The SMILES string of the molecule is CCNC(=O)C(C)c1ccc(C2(N)CC2)cc1. The van der Waals surface area contributed by atoms with Crippen molar-refractivity contribution in [1.29, 1.82) is 0 Å². The highest BCUT2D eigenvalue weighted by Gasteiger charge is 2.39. The molecule has 2 rings (SSSR count). The number of nitrogens with one attached hydrogen (secondary N) is 1. The van der Waals surface area contributed by atoms with Crippen LogP contribution in [-0.4, -0.2) is 12.5 Å². The summed E-state index contributed by atoms with van der Waals surface area (Å²) in [6, 6.07) is 8.14. The Morgan fingerprint density at radius 3 is 2.47 bits per heavy atom. The van der Waals surface area contributed by atoms with Gasteiger partial charge in [-0.1, -0.05) is 24.3 Å². The largest absolute Gasteiger partial charge is 0.356 e. The summed E-state index contributed by atoms with van der Waals surface area (Å²) in [5.41, 5.74) is 8.26. The Morgan fingerprint density at radius 1 is 1.41 bits per heavy atom. The van der Waals surface area contributed by atoms with Crippen molar-refractivity contribution in [3.63, 3.8) is 0 Å². The van der Waals surface area contributed by atoms with Gasteiger partial charge >= 0.3 is 0 Å². The summed E-state index contributed by atoms with van der Waals surface area (Å²) >= 11 is 0. The van der Waals surface area contributed by atoms with E-state index in [1.54, 1.807) is 0 Å². The second kappa shape index (κ2) is 4.49. The van der Waals surface area contributed by atoms with Crippen LogP contribution in [0.2, 0.25) is 0 Å². The van der Waals surface area contributed by atoms with E-state index in [1.165, 1.54) is 5.56 Å².